The van der Waals surface area contributed by atoms with Gasteiger partial charge in [-0.25, -0.2) is 24.0 Å². The molecule has 0 radical (unpaired) electrons. The van der Waals surface area contributed by atoms with E-state index in [1.165, 1.54) is 23.7 Å². The average Bonchev–Trinajstić information content (AvgIpc) is 1.62. The van der Waals surface area contributed by atoms with E-state index < -0.39 is 268 Å². The molecule has 0 saturated carbocycles. The number of hydrogen-bond donors (Lipinski definition) is 17. The molecule has 3 aromatic carbocycles. The Hall–Kier alpha value is -13.5. The molecule has 0 unspecified atom stereocenters. The minimum atomic E-state index is -1.98. The minimum Gasteiger partial charge on any atom is -0.464 e. The van der Waals surface area contributed by atoms with Crippen LogP contribution in [0.25, 0.3) is 23.1 Å². The van der Waals surface area contributed by atoms with Crippen molar-refractivity contribution in [3.05, 3.63) is 120 Å². The van der Waals surface area contributed by atoms with Crippen LogP contribution in [0.5, 0.6) is 0 Å². The Morgan fingerprint density at radius 3 is 1.58 bits per heavy atom. The van der Waals surface area contributed by atoms with Gasteiger partial charge in [-0.2, -0.15) is 9.78 Å². The van der Waals surface area contributed by atoms with Crippen molar-refractivity contribution in [1.29, 1.82) is 0 Å². The Balaban J connectivity index is 1.45. The van der Waals surface area contributed by atoms with Crippen LogP contribution in [0.15, 0.2) is 107 Å². The molecule has 6 rings (SSSR count). The van der Waals surface area contributed by atoms with E-state index in [2.05, 4.69) is 84.7 Å². The first-order valence-electron chi connectivity index (χ1n) is 46.0. The van der Waals surface area contributed by atoms with E-state index in [1.54, 1.807) is 220 Å². The molecule has 139 heavy (non-hydrogen) atoms. The highest BCUT2D eigenvalue weighted by Crippen LogP contribution is 2.34. The number of hydrogen-bond acceptors (Lipinski definition) is 27. The lowest BCUT2D eigenvalue weighted by Crippen LogP contribution is -2.61. The van der Waals surface area contributed by atoms with Gasteiger partial charge in [-0.3, -0.25) is 62.5 Å². The van der Waals surface area contributed by atoms with Crippen molar-refractivity contribution in [2.24, 2.45) is 11.8 Å². The number of amides is 16. The van der Waals surface area contributed by atoms with E-state index >= 15 is 33.6 Å². The lowest BCUT2D eigenvalue weighted by molar-refractivity contribution is -0.147. The number of aliphatic hydroxyl groups excluding tert-OH is 2. The number of rotatable bonds is 35. The largest absolute Gasteiger partial charge is 0.464 e. The number of aromatic nitrogens is 3. The maximum absolute atomic E-state index is 15.6. The molecule has 1 saturated heterocycles. The second-order valence-corrected chi connectivity index (χ2v) is 38.9. The first-order valence-corrected chi connectivity index (χ1v) is 46.8. The van der Waals surface area contributed by atoms with Gasteiger partial charge in [0.1, 0.15) is 83.4 Å². The van der Waals surface area contributed by atoms with E-state index in [9.17, 15) is 58.2 Å². The van der Waals surface area contributed by atoms with E-state index in [0.717, 1.165) is 18.5 Å². The number of alkyl carbamates (subject to hydrolysis) is 4. The Kier molecular flexibility index (Phi) is 44.4. The summed E-state index contributed by atoms with van der Waals surface area (Å²) in [7, 11) is 1.50. The lowest BCUT2D eigenvalue weighted by Gasteiger charge is -2.29. The Morgan fingerprint density at radius 2 is 1.06 bits per heavy atom. The van der Waals surface area contributed by atoms with Crippen LogP contribution in [0.1, 0.15) is 197 Å². The zero-order valence-electron chi connectivity index (χ0n) is 82.3. The summed E-state index contributed by atoms with van der Waals surface area (Å²) < 4.78 is 28.4. The van der Waals surface area contributed by atoms with E-state index in [1.807, 2.05) is 0 Å². The summed E-state index contributed by atoms with van der Waals surface area (Å²) >= 11 is 1.23. The molecule has 1 aliphatic rings. The second-order valence-electron chi connectivity index (χ2n) is 37.8. The fraction of sp³-hybridized carbons (Fsp3) is 0.547. The van der Waals surface area contributed by atoms with Crippen molar-refractivity contribution >= 4 is 136 Å². The molecule has 0 aliphatic carbocycles. The Labute approximate surface area is 812 Å². The molecular formula is C95H137N19O24S. The highest BCUT2D eigenvalue weighted by molar-refractivity contribution is 7.99. The number of carbonyl (C=O) groups is 17. The average molecular weight is 1960 g/mol. The summed E-state index contributed by atoms with van der Waals surface area (Å²) in [6.07, 6.45) is -6.29. The molecule has 1 aliphatic heterocycles. The highest BCUT2D eigenvalue weighted by Gasteiger charge is 2.40. The second kappa shape index (κ2) is 54.0. The van der Waals surface area contributed by atoms with Crippen molar-refractivity contribution in [1.82, 2.24) is 99.4 Å². The first kappa shape index (κ1) is 114. The van der Waals surface area contributed by atoms with Crippen molar-refractivity contribution in [2.45, 2.75) is 275 Å². The zero-order valence-corrected chi connectivity index (χ0v) is 83.1. The normalized spacial score (nSPS) is 18.3. The fourth-order valence-corrected chi connectivity index (χ4v) is 14.5. The molecule has 0 spiro atoms. The van der Waals surface area contributed by atoms with Crippen LogP contribution in [0.3, 0.4) is 0 Å². The Bertz CT molecular complexity index is 5100. The van der Waals surface area contributed by atoms with Gasteiger partial charge >= 0.3 is 36.4 Å². The topological polar surface area (TPSA) is 591 Å². The quantitative estimate of drug-likeness (QED) is 0.0195. The summed E-state index contributed by atoms with van der Waals surface area (Å²) in [5.41, 5.74) is -2.17. The molecule has 3 heterocycles. The molecule has 11 atom stereocenters. The maximum Gasteiger partial charge on any atom is 0.407 e. The van der Waals surface area contributed by atoms with Gasteiger partial charge in [-0.1, -0.05) is 88.0 Å². The number of carbonyl (C=O) groups excluding carboxylic acids is 17. The number of benzene rings is 3. The highest BCUT2D eigenvalue weighted by atomic mass is 32.2. The third kappa shape index (κ3) is 40.6. The molecular weight excluding hydrogens is 1820 g/mol. The predicted octanol–water partition coefficient (Wildman–Crippen LogP) is 4.56. The molecule has 5 aromatic rings. The summed E-state index contributed by atoms with van der Waals surface area (Å²) in [4.78, 5) is 251. The van der Waals surface area contributed by atoms with Crippen LogP contribution >= 0.6 is 11.8 Å². The van der Waals surface area contributed by atoms with Gasteiger partial charge in [0.05, 0.1) is 47.1 Å². The third-order valence-electron chi connectivity index (χ3n) is 20.2. The molecule has 2 aromatic heterocycles. The third-order valence-corrected chi connectivity index (χ3v) is 21.3. The van der Waals surface area contributed by atoms with Gasteiger partial charge in [0.25, 0.3) is 5.91 Å². The fourth-order valence-electron chi connectivity index (χ4n) is 13.5. The van der Waals surface area contributed by atoms with Gasteiger partial charge in [0.15, 0.2) is 0 Å². The molecule has 43 nitrogen and oxygen atoms in total. The smallest absolute Gasteiger partial charge is 0.407 e. The van der Waals surface area contributed by atoms with E-state index in [-0.39, 0.29) is 44.0 Å². The van der Waals surface area contributed by atoms with Crippen LogP contribution in [0.4, 0.5) is 24.0 Å². The van der Waals surface area contributed by atoms with E-state index in [4.69, 9.17) is 28.8 Å². The van der Waals surface area contributed by atoms with Crippen LogP contribution in [-0.2, 0) is 82.8 Å². The SMILES string of the molecule is CNC(=O)c1ccccc1Sc1ccc2c(/C=C/c3ccccn3)nn(C(=O)N(CCOC(=O)C(C)C)CCC(=O)N[C@H](C(=O)N[C@@H](CCNC(=O)OC(C)(C)C)C(=O)N[C@H]3CCNC(=O)[C@H]([C@@H](C)O)NC(=O)[C@H](CCNC(=O)OC(C)(C)C)NC(=O)[C@H](CCNC(=O)OC(C)(C)C)NC(=O)[C@H](CC(C)C)NC(=O)[C@@H](Cc4ccccc4)NC(=O)[C@H](CCNC(=O)OC(C)(C)C)NC3=O)[C@@H](C)O)c2c1. The van der Waals surface area contributed by atoms with Crippen LogP contribution in [0.2, 0.25) is 0 Å². The van der Waals surface area contributed by atoms with Crippen LogP contribution in [0, 0.1) is 11.8 Å². The molecule has 17 N–H and O–H groups in total. The number of aliphatic hydroxyl groups is 2. The summed E-state index contributed by atoms with van der Waals surface area (Å²) in [5, 5.41) is 66.4. The van der Waals surface area contributed by atoms with Crippen molar-refractivity contribution in [3.8, 4) is 0 Å². The van der Waals surface area contributed by atoms with Crippen LogP contribution in [-0.4, -0.2) is 280 Å². The monoisotopic (exact) mass is 1960 g/mol. The Morgan fingerprint density at radius 1 is 0.561 bits per heavy atom. The summed E-state index contributed by atoms with van der Waals surface area (Å²) in [6.45, 7) is 24.3. The first-order chi connectivity index (χ1) is 65.2. The maximum atomic E-state index is 15.6. The summed E-state index contributed by atoms with van der Waals surface area (Å²) in [5.74, 6) is -13.2. The molecule has 0 bridgehead atoms. The lowest BCUT2D eigenvalue weighted by atomic mass is 10.00. The number of nitrogens with one attached hydrogen (secondary N) is 15. The van der Waals surface area contributed by atoms with Gasteiger partial charge in [0.2, 0.25) is 59.1 Å². The van der Waals surface area contributed by atoms with E-state index in [0.29, 0.717) is 37.7 Å². The van der Waals surface area contributed by atoms with Crippen molar-refractivity contribution in [2.75, 3.05) is 59.5 Å². The molecule has 762 valence electrons. The molecule has 16 amide bonds. The molecule has 1 fully saturated rings. The number of esters is 1. The number of pyridine rings is 1. The van der Waals surface area contributed by atoms with Crippen LogP contribution < -0.4 is 79.8 Å². The number of fused-ring (bicyclic) bond motifs is 1. The van der Waals surface area contributed by atoms with Crippen molar-refractivity contribution in [3.63, 3.8) is 0 Å². The predicted molar refractivity (Wildman–Crippen MR) is 513 cm³/mol. The number of nitrogens with zero attached hydrogens (tertiary/aromatic N) is 4. The zero-order chi connectivity index (χ0) is 103. The van der Waals surface area contributed by atoms with Crippen molar-refractivity contribution < 1.29 is 115 Å². The van der Waals surface area contributed by atoms with Gasteiger partial charge in [0, 0.05) is 80.5 Å². The molecule has 44 heteroatoms. The van der Waals surface area contributed by atoms with Gasteiger partial charge < -0.3 is 119 Å². The standard InChI is InChI=1S/C95H137N19O24S/c1-54(2)51-69-82(124)106-65(37-44-99-87(129)135-92(7,8)9)78(120)105-68(40-47-102-90(132)138-95(16,17)18)81(123)111-74(56(5)115)84(126)98-43-36-64(77(119)104-66(38-45-100-88(130)136-93(10,11)12)80(122)109-70(83(125)108-69)52-58-27-21-20-22-28-58)103-79(121)67(39-46-101-89(131)137-94(13,14)15)107-85(127)75(57(6)116)110-73(117)41-48-113(49-50-134-86(128)55(3)4)91(133)114-71-53-60(139-72-31-24-23-30-62(72)76(118)96-19)33-34-61(71)63(112-114)35-32-59-29-25-26-42-97-59/h20-35,42,53-57,64-70,74-75,115-116H,36-41,43-52H2,1-19H3,(H,96,118)(H,98,126)(H,99,129)(H,100,130)(H,101,131)(H,102,132)(H,103,121)(H,104,119)(H,105,120)(H,106,124)(H,107,127)(H,108,125)(H,109,122)(H,110,117)(H,111,123)/b35-32+/t56-,57-,64+,65+,66+,67+,68+,69+,70-,74+,75+/m1/s1. The van der Waals surface area contributed by atoms with Gasteiger partial charge in [-0.15, -0.1) is 0 Å². The summed E-state index contributed by atoms with van der Waals surface area (Å²) in [6, 6.07) is 8.44. The minimum absolute atomic E-state index is 0.139. The number of ether oxygens (including phenoxy) is 5. The van der Waals surface area contributed by atoms with Gasteiger partial charge in [-0.05, 0) is 202 Å².